The minimum Gasteiger partial charge on any atom is -0.477 e. The maximum absolute atomic E-state index is 14.5. The zero-order valence-electron chi connectivity index (χ0n) is 18.5. The van der Waals surface area contributed by atoms with Crippen LogP contribution in [0.4, 0.5) is 20.4 Å². The Morgan fingerprint density at radius 2 is 2.21 bits per heavy atom. The number of hydrogen-bond acceptors (Lipinski definition) is 7. The molecule has 3 N–H and O–H groups in total. The van der Waals surface area contributed by atoms with Gasteiger partial charge in [-0.3, -0.25) is 0 Å². The van der Waals surface area contributed by atoms with Crippen molar-refractivity contribution in [2.24, 2.45) is 0 Å². The fourth-order valence-corrected chi connectivity index (χ4v) is 4.69. The second-order valence-electron chi connectivity index (χ2n) is 8.51. The Hall–Kier alpha value is -3.31. The Morgan fingerprint density at radius 1 is 1.32 bits per heavy atom. The Morgan fingerprint density at radius 3 is 3.00 bits per heavy atom. The van der Waals surface area contributed by atoms with Gasteiger partial charge < -0.3 is 25.4 Å². The number of hydrogen-bond donors (Lipinski definition) is 3. The highest BCUT2D eigenvalue weighted by Gasteiger charge is 2.31. The lowest BCUT2D eigenvalue weighted by Gasteiger charge is -2.26. The van der Waals surface area contributed by atoms with Crippen molar-refractivity contribution in [3.63, 3.8) is 0 Å². The average molecular weight is 472 g/mol. The van der Waals surface area contributed by atoms with Gasteiger partial charge in [-0.05, 0) is 43.5 Å². The molecular weight excluding hydrogens is 446 g/mol. The van der Waals surface area contributed by atoms with Gasteiger partial charge in [0, 0.05) is 37.9 Å². The zero-order valence-corrected chi connectivity index (χ0v) is 18.5. The van der Waals surface area contributed by atoms with Gasteiger partial charge in [0.05, 0.1) is 18.8 Å². The van der Waals surface area contributed by atoms with E-state index in [1.165, 1.54) is 10.6 Å². The SMILES string of the molecule is O=C(O)c1c(NCCC2CNCCO2)nn2ccc(N3CCCC3c3cc(F)ccc3F)nc12. The van der Waals surface area contributed by atoms with Gasteiger partial charge in [0.25, 0.3) is 0 Å². The van der Waals surface area contributed by atoms with E-state index in [-0.39, 0.29) is 34.7 Å². The summed E-state index contributed by atoms with van der Waals surface area (Å²) < 4.78 is 35.4. The molecule has 2 aliphatic rings. The Balaban J connectivity index is 1.41. The van der Waals surface area contributed by atoms with Gasteiger partial charge in [0.15, 0.2) is 11.5 Å². The number of carboxylic acid groups (broad SMARTS) is 1. The van der Waals surface area contributed by atoms with Crippen LogP contribution in [0.15, 0.2) is 30.5 Å². The summed E-state index contributed by atoms with van der Waals surface area (Å²) in [5, 5.41) is 20.6. The molecule has 5 rings (SSSR count). The molecule has 0 spiro atoms. The smallest absolute Gasteiger partial charge is 0.343 e. The minimum absolute atomic E-state index is 0.0304. The summed E-state index contributed by atoms with van der Waals surface area (Å²) >= 11 is 0. The number of fused-ring (bicyclic) bond motifs is 1. The first-order valence-electron chi connectivity index (χ1n) is 11.4. The van der Waals surface area contributed by atoms with E-state index in [1.807, 2.05) is 4.90 Å². The van der Waals surface area contributed by atoms with Gasteiger partial charge in [-0.1, -0.05) is 0 Å². The first-order valence-corrected chi connectivity index (χ1v) is 11.4. The number of benzene rings is 1. The second-order valence-corrected chi connectivity index (χ2v) is 8.51. The molecule has 11 heteroatoms. The van der Waals surface area contributed by atoms with Crippen LogP contribution in [-0.2, 0) is 4.74 Å². The van der Waals surface area contributed by atoms with Gasteiger partial charge in [0.2, 0.25) is 0 Å². The summed E-state index contributed by atoms with van der Waals surface area (Å²) in [7, 11) is 0. The molecule has 0 bridgehead atoms. The molecule has 2 unspecified atom stereocenters. The van der Waals surface area contributed by atoms with Crippen LogP contribution in [-0.4, -0.2) is 64.6 Å². The largest absolute Gasteiger partial charge is 0.477 e. The molecule has 0 aliphatic carbocycles. The Bertz CT molecular complexity index is 1200. The van der Waals surface area contributed by atoms with Crippen LogP contribution in [0.25, 0.3) is 5.65 Å². The second kappa shape index (κ2) is 9.51. The van der Waals surface area contributed by atoms with Crippen molar-refractivity contribution in [1.82, 2.24) is 19.9 Å². The van der Waals surface area contributed by atoms with E-state index in [0.717, 1.165) is 31.6 Å². The van der Waals surface area contributed by atoms with Crippen LogP contribution >= 0.6 is 0 Å². The highest BCUT2D eigenvalue weighted by atomic mass is 19.1. The summed E-state index contributed by atoms with van der Waals surface area (Å²) in [6.07, 6.45) is 3.83. The standard InChI is InChI=1S/C23H26F2N6O3/c24-14-3-4-17(25)16(12-14)18-2-1-9-30(18)19-6-10-31-22(28-19)20(23(32)33)21(29-31)27-7-5-15-13-26-8-11-34-15/h3-4,6,10,12,15,18,26H,1-2,5,7-9,11,13H2,(H,27,29)(H,32,33). The van der Waals surface area contributed by atoms with E-state index in [4.69, 9.17) is 4.74 Å². The maximum Gasteiger partial charge on any atom is 0.343 e. The van der Waals surface area contributed by atoms with Crippen LogP contribution in [0.1, 0.15) is 41.2 Å². The van der Waals surface area contributed by atoms with E-state index in [2.05, 4.69) is 20.7 Å². The molecule has 2 atom stereocenters. The molecular formula is C23H26F2N6O3. The lowest BCUT2D eigenvalue weighted by molar-refractivity contribution is 0.0258. The average Bonchev–Trinajstić information content (AvgIpc) is 3.45. The van der Waals surface area contributed by atoms with E-state index < -0.39 is 17.6 Å². The Labute approximate surface area is 194 Å². The van der Waals surface area contributed by atoms with Crippen molar-refractivity contribution >= 4 is 23.3 Å². The van der Waals surface area contributed by atoms with Gasteiger partial charge in [0.1, 0.15) is 23.0 Å². The summed E-state index contributed by atoms with van der Waals surface area (Å²) in [5.74, 6) is -1.39. The van der Waals surface area contributed by atoms with Gasteiger partial charge in [-0.2, -0.15) is 0 Å². The van der Waals surface area contributed by atoms with Crippen LogP contribution in [0, 0.1) is 11.6 Å². The summed E-state index contributed by atoms with van der Waals surface area (Å²) in [6, 6.07) is 4.77. The number of nitrogens with one attached hydrogen (secondary N) is 2. The number of ether oxygens (including phenoxy) is 1. The summed E-state index contributed by atoms with van der Waals surface area (Å²) in [6.45, 7) is 3.34. The molecule has 3 aromatic rings. The van der Waals surface area contributed by atoms with Gasteiger partial charge >= 0.3 is 5.97 Å². The van der Waals surface area contributed by atoms with Crippen molar-refractivity contribution in [1.29, 1.82) is 0 Å². The third kappa shape index (κ3) is 4.40. The molecule has 180 valence electrons. The van der Waals surface area contributed by atoms with Crippen molar-refractivity contribution < 1.29 is 23.4 Å². The number of morpholine rings is 1. The van der Waals surface area contributed by atoms with E-state index in [1.54, 1.807) is 12.3 Å². The molecule has 1 aromatic carbocycles. The molecule has 2 aliphatic heterocycles. The van der Waals surface area contributed by atoms with Gasteiger partial charge in [-0.15, -0.1) is 5.10 Å². The van der Waals surface area contributed by atoms with Crippen LogP contribution < -0.4 is 15.5 Å². The topological polar surface area (TPSA) is 104 Å². The number of rotatable bonds is 7. The fourth-order valence-electron chi connectivity index (χ4n) is 4.69. The lowest BCUT2D eigenvalue weighted by atomic mass is 10.0. The third-order valence-corrected chi connectivity index (χ3v) is 6.31. The number of carboxylic acids is 1. The summed E-state index contributed by atoms with van der Waals surface area (Å²) in [5.41, 5.74) is 0.429. The van der Waals surface area contributed by atoms with Crippen molar-refractivity contribution in [3.8, 4) is 0 Å². The van der Waals surface area contributed by atoms with Gasteiger partial charge in [-0.25, -0.2) is 23.1 Å². The number of nitrogens with zero attached hydrogens (tertiary/aromatic N) is 4. The van der Waals surface area contributed by atoms with Crippen molar-refractivity contribution in [2.75, 3.05) is 43.0 Å². The lowest BCUT2D eigenvalue weighted by Crippen LogP contribution is -2.39. The first kappa shape index (κ1) is 22.5. The van der Waals surface area contributed by atoms with E-state index >= 15 is 0 Å². The number of aromatic nitrogens is 3. The van der Waals surface area contributed by atoms with Crippen LogP contribution in [0.3, 0.4) is 0 Å². The van der Waals surface area contributed by atoms with Crippen LogP contribution in [0.2, 0.25) is 0 Å². The minimum atomic E-state index is -1.15. The van der Waals surface area contributed by atoms with E-state index in [0.29, 0.717) is 38.4 Å². The molecule has 9 nitrogen and oxygen atoms in total. The maximum atomic E-state index is 14.5. The van der Waals surface area contributed by atoms with Crippen molar-refractivity contribution in [2.45, 2.75) is 31.4 Å². The van der Waals surface area contributed by atoms with E-state index in [9.17, 15) is 18.7 Å². The molecule has 0 saturated carbocycles. The molecule has 2 fully saturated rings. The molecule has 2 aromatic heterocycles. The van der Waals surface area contributed by atoms with Crippen LogP contribution in [0.5, 0.6) is 0 Å². The normalized spacial score (nSPS) is 20.7. The molecule has 0 amide bonds. The molecule has 34 heavy (non-hydrogen) atoms. The monoisotopic (exact) mass is 472 g/mol. The number of halogens is 2. The predicted molar refractivity (Wildman–Crippen MR) is 121 cm³/mol. The highest BCUT2D eigenvalue weighted by molar-refractivity contribution is 6.00. The number of anilines is 2. The third-order valence-electron chi connectivity index (χ3n) is 6.31. The fraction of sp³-hybridized carbons (Fsp3) is 0.435. The summed E-state index contributed by atoms with van der Waals surface area (Å²) in [4.78, 5) is 18.6. The Kier molecular flexibility index (Phi) is 6.29. The quantitative estimate of drug-likeness (QED) is 0.482. The highest BCUT2D eigenvalue weighted by Crippen LogP contribution is 2.37. The first-order chi connectivity index (χ1) is 16.5. The predicted octanol–water partition coefficient (Wildman–Crippen LogP) is 2.84. The molecule has 4 heterocycles. The zero-order chi connectivity index (χ0) is 23.7. The number of carbonyl (C=O) groups is 1. The van der Waals surface area contributed by atoms with Crippen molar-refractivity contribution in [3.05, 3.63) is 53.2 Å². The molecule has 0 radical (unpaired) electrons. The molecule has 2 saturated heterocycles. The number of aromatic carboxylic acids is 1.